The van der Waals surface area contributed by atoms with E-state index in [4.69, 9.17) is 15.7 Å². The second-order valence-corrected chi connectivity index (χ2v) is 7.99. The van der Waals surface area contributed by atoms with Gasteiger partial charge < -0.3 is 15.0 Å². The number of carbonyl (C=O) groups excluding carboxylic acids is 3. The minimum absolute atomic E-state index is 0.0255. The number of halogens is 1. The normalized spacial score (nSPS) is 29.4. The lowest BCUT2D eigenvalue weighted by atomic mass is 10.0. The first kappa shape index (κ1) is 14.9. The third-order valence-electron chi connectivity index (χ3n) is 5.81. The zero-order valence-corrected chi connectivity index (χ0v) is 18.1. The second-order valence-electron chi connectivity index (χ2n) is 7.99. The Kier molecular flexibility index (Phi) is 4.16. The Labute approximate surface area is 208 Å². The van der Waals surface area contributed by atoms with Gasteiger partial charge in [0.2, 0.25) is 11.8 Å². The van der Waals surface area contributed by atoms with Crippen LogP contribution >= 0.6 is 0 Å². The molecule has 178 valence electrons. The van der Waals surface area contributed by atoms with Gasteiger partial charge in [-0.1, -0.05) is 18.2 Å². The van der Waals surface area contributed by atoms with Crippen molar-refractivity contribution in [1.82, 2.24) is 15.1 Å². The molecular formula is C25H27FN4O4. The fourth-order valence-electron chi connectivity index (χ4n) is 4.05. The minimum atomic E-state index is -3.42. The lowest BCUT2D eigenvalue weighted by Gasteiger charge is -2.29. The molecule has 8 nitrogen and oxygen atoms in total. The van der Waals surface area contributed by atoms with Crippen LogP contribution < -0.4 is 10.6 Å². The maximum absolute atomic E-state index is 15.4. The van der Waals surface area contributed by atoms with Gasteiger partial charge in [0.05, 0.1) is 18.7 Å². The van der Waals surface area contributed by atoms with Gasteiger partial charge in [0, 0.05) is 67.0 Å². The van der Waals surface area contributed by atoms with Crippen molar-refractivity contribution < 1.29 is 34.5 Å². The Hall–Kier alpha value is -3.30. The molecule has 2 N–H and O–H groups in total. The van der Waals surface area contributed by atoms with Gasteiger partial charge in [-0.3, -0.25) is 24.6 Å². The summed E-state index contributed by atoms with van der Waals surface area (Å²) in [5.41, 5.74) is 0.230. The zero-order chi connectivity index (χ0) is 30.8. The number of hydrogen-bond donors (Lipinski definition) is 2. The summed E-state index contributed by atoms with van der Waals surface area (Å²) in [5.74, 6) is -4.97. The number of hydrogen-bond acceptors (Lipinski definition) is 6. The number of imide groups is 1. The molecule has 3 amide bonds. The van der Waals surface area contributed by atoms with Gasteiger partial charge in [0.15, 0.2) is 0 Å². The van der Waals surface area contributed by atoms with Crippen LogP contribution in [0.25, 0.3) is 0 Å². The largest absolute Gasteiger partial charge is 0.381 e. The number of morpholine rings is 1. The van der Waals surface area contributed by atoms with E-state index in [-0.39, 0.29) is 47.1 Å². The van der Waals surface area contributed by atoms with Gasteiger partial charge in [0.1, 0.15) is 11.8 Å². The number of rotatable bonds is 6. The highest BCUT2D eigenvalue weighted by Gasteiger charge is 2.39. The smallest absolute Gasteiger partial charge is 0.255 e. The van der Waals surface area contributed by atoms with Crippen molar-refractivity contribution in [3.05, 3.63) is 64.4 Å². The average molecular weight is 475 g/mol. The van der Waals surface area contributed by atoms with Crippen molar-refractivity contribution >= 4 is 23.4 Å². The molecule has 0 radical (unpaired) electrons. The standard InChI is InChI=1S/C25H27FN4O4/c26-20-12-16(14-29-8-10-34-11-9-29)4-5-17(20)13-27-21-3-1-2-18-19(21)15-30(25(18)33)22-6-7-23(31)28-24(22)32/h1-5,12,22,27H,6-11,13-15H2,(H,28,31,32)/t22-/m0/s1/i4D,5D,6D2,7D2,12D,22D. The summed E-state index contributed by atoms with van der Waals surface area (Å²) in [4.78, 5) is 40.6. The summed E-state index contributed by atoms with van der Waals surface area (Å²) in [7, 11) is 0. The molecule has 34 heavy (non-hydrogen) atoms. The van der Waals surface area contributed by atoms with E-state index in [2.05, 4.69) is 5.32 Å². The highest BCUT2D eigenvalue weighted by Crippen LogP contribution is 2.32. The number of fused-ring (bicyclic) bond motifs is 1. The molecule has 0 aromatic heterocycles. The van der Waals surface area contributed by atoms with E-state index in [1.54, 1.807) is 5.32 Å². The fraction of sp³-hybridized carbons (Fsp3) is 0.400. The van der Waals surface area contributed by atoms with E-state index in [9.17, 15) is 14.4 Å². The first-order chi connectivity index (χ1) is 19.6. The van der Waals surface area contributed by atoms with Crippen molar-refractivity contribution in [3.63, 3.8) is 0 Å². The number of carbonyl (C=O) groups is 3. The van der Waals surface area contributed by atoms with Crippen molar-refractivity contribution in [1.29, 1.82) is 0 Å². The third-order valence-corrected chi connectivity index (χ3v) is 5.81. The number of nitrogens with zero attached hydrogens (tertiary/aromatic N) is 2. The highest BCUT2D eigenvalue weighted by molar-refractivity contribution is 6.06. The number of nitrogens with one attached hydrogen (secondary N) is 2. The van der Waals surface area contributed by atoms with Crippen LogP contribution in [0.2, 0.25) is 0 Å². The van der Waals surface area contributed by atoms with Gasteiger partial charge in [-0.15, -0.1) is 0 Å². The topological polar surface area (TPSA) is 91.0 Å². The predicted molar refractivity (Wildman–Crippen MR) is 122 cm³/mol. The summed E-state index contributed by atoms with van der Waals surface area (Å²) >= 11 is 0. The van der Waals surface area contributed by atoms with Crippen LogP contribution in [0.1, 0.15) is 50.8 Å². The lowest BCUT2D eigenvalue weighted by Crippen LogP contribution is -2.52. The van der Waals surface area contributed by atoms with E-state index < -0.39 is 60.9 Å². The zero-order valence-electron chi connectivity index (χ0n) is 26.1. The number of piperidine rings is 1. The molecular weight excluding hydrogens is 439 g/mol. The number of amides is 3. The van der Waals surface area contributed by atoms with Crippen molar-refractivity contribution in [3.8, 4) is 0 Å². The Morgan fingerprint density at radius 2 is 2.09 bits per heavy atom. The predicted octanol–water partition coefficient (Wildman–Crippen LogP) is 2.03. The molecule has 5 rings (SSSR count). The van der Waals surface area contributed by atoms with Crippen LogP contribution in [-0.4, -0.2) is 59.8 Å². The Morgan fingerprint density at radius 3 is 2.91 bits per heavy atom. The molecule has 9 heteroatoms. The van der Waals surface area contributed by atoms with Gasteiger partial charge >= 0.3 is 0 Å². The Balaban J connectivity index is 1.42. The maximum atomic E-state index is 15.4. The SMILES string of the molecule is [2H]c1c([2H])c(CNc2cccc3c2CN([C@]2([2H])C(=O)NC(=O)C([2H])([2H])C2([2H])[2H])C3=O)c(F)c([2H])c1CN1CCOCC1. The van der Waals surface area contributed by atoms with Gasteiger partial charge in [0.25, 0.3) is 5.91 Å². The molecule has 0 aliphatic carbocycles. The van der Waals surface area contributed by atoms with Gasteiger partial charge in [-0.2, -0.15) is 0 Å². The maximum Gasteiger partial charge on any atom is 0.255 e. The van der Waals surface area contributed by atoms with Gasteiger partial charge in [-0.05, 0) is 30.1 Å². The molecule has 0 spiro atoms. The van der Waals surface area contributed by atoms with Crippen molar-refractivity contribution in [2.75, 3.05) is 31.6 Å². The van der Waals surface area contributed by atoms with E-state index in [0.29, 0.717) is 31.2 Å². The molecule has 2 saturated heterocycles. The van der Waals surface area contributed by atoms with E-state index in [1.165, 1.54) is 18.2 Å². The molecule has 0 bridgehead atoms. The average Bonchev–Trinajstić information content (AvgIpc) is 3.30. The fourth-order valence-corrected chi connectivity index (χ4v) is 4.05. The Bertz CT molecular complexity index is 1470. The lowest BCUT2D eigenvalue weighted by molar-refractivity contribution is -0.136. The molecule has 3 aliphatic heterocycles. The molecule has 2 aromatic rings. The molecule has 0 saturated carbocycles. The van der Waals surface area contributed by atoms with E-state index in [1.807, 2.05) is 4.90 Å². The summed E-state index contributed by atoms with van der Waals surface area (Å²) < 4.78 is 86.8. The third kappa shape index (κ3) is 4.53. The second kappa shape index (κ2) is 9.52. The highest BCUT2D eigenvalue weighted by atomic mass is 19.1. The number of benzene rings is 2. The van der Waals surface area contributed by atoms with Crippen LogP contribution in [0.3, 0.4) is 0 Å². The van der Waals surface area contributed by atoms with Crippen LogP contribution in [0.4, 0.5) is 10.1 Å². The van der Waals surface area contributed by atoms with E-state index in [0.717, 1.165) is 0 Å². The van der Waals surface area contributed by atoms with Crippen LogP contribution in [0, 0.1) is 5.82 Å². The first-order valence-electron chi connectivity index (χ1n) is 14.7. The minimum Gasteiger partial charge on any atom is -0.381 e. The van der Waals surface area contributed by atoms with Crippen molar-refractivity contribution in [2.24, 2.45) is 0 Å². The molecule has 1 atom stereocenters. The number of anilines is 1. The summed E-state index contributed by atoms with van der Waals surface area (Å²) in [5, 5.41) is 4.55. The molecule has 2 aromatic carbocycles. The summed E-state index contributed by atoms with van der Waals surface area (Å²) in [6, 6.07) is -0.0137. The number of ether oxygens (including phenoxy) is 1. The molecule has 0 unspecified atom stereocenters. The van der Waals surface area contributed by atoms with Crippen LogP contribution in [-0.2, 0) is 34.0 Å². The quantitative estimate of drug-likeness (QED) is 0.623. The van der Waals surface area contributed by atoms with Crippen molar-refractivity contribution in [2.45, 2.75) is 38.4 Å². The molecule has 3 heterocycles. The molecule has 3 aliphatic rings. The monoisotopic (exact) mass is 474 g/mol. The Morgan fingerprint density at radius 1 is 1.26 bits per heavy atom. The molecule has 2 fully saturated rings. The summed E-state index contributed by atoms with van der Waals surface area (Å²) in [6.45, 7) is 1.31. The van der Waals surface area contributed by atoms with Crippen LogP contribution in [0.15, 0.2) is 36.3 Å². The van der Waals surface area contributed by atoms with Gasteiger partial charge in [-0.25, -0.2) is 4.39 Å². The summed E-state index contributed by atoms with van der Waals surface area (Å²) in [6.07, 6.45) is -6.73. The van der Waals surface area contributed by atoms with E-state index >= 15 is 4.39 Å². The first-order valence-corrected chi connectivity index (χ1v) is 10.7. The van der Waals surface area contributed by atoms with Crippen LogP contribution in [0.5, 0.6) is 0 Å².